The highest BCUT2D eigenvalue weighted by Crippen LogP contribution is 2.48. The molecule has 0 aliphatic carbocycles. The van der Waals surface area contributed by atoms with Gasteiger partial charge in [-0.1, -0.05) is 23.8 Å². The molecule has 1 aliphatic heterocycles. The summed E-state index contributed by atoms with van der Waals surface area (Å²) in [5.41, 5.74) is 7.04. The van der Waals surface area contributed by atoms with Gasteiger partial charge in [0.2, 0.25) is 0 Å². The summed E-state index contributed by atoms with van der Waals surface area (Å²) in [6.45, 7) is 11.4. The van der Waals surface area contributed by atoms with Crippen LogP contribution >= 0.6 is 23.8 Å². The number of hydrogen-bond donors (Lipinski definition) is 1. The summed E-state index contributed by atoms with van der Waals surface area (Å²) in [7, 11) is 0. The van der Waals surface area contributed by atoms with Crippen LogP contribution in [0.1, 0.15) is 36.8 Å². The van der Waals surface area contributed by atoms with Gasteiger partial charge in [0.25, 0.3) is 0 Å². The molecule has 0 radical (unpaired) electrons. The minimum absolute atomic E-state index is 0.168. The second kappa shape index (κ2) is 6.50. The van der Waals surface area contributed by atoms with Gasteiger partial charge in [0.05, 0.1) is 22.7 Å². The highest BCUT2D eigenvalue weighted by molar-refractivity contribution is 7.71. The standard InChI is InChI=1S/C22H24N2OS2/c1-6-25-16-9-7-15(8-10-16)24-21(26)19-17-11-13(2)14(3)12-18(17)23-22(4,5)20(19)27-24/h7-12,23H,6H2,1-5H3. The van der Waals surface area contributed by atoms with E-state index in [9.17, 15) is 0 Å². The largest absolute Gasteiger partial charge is 0.494 e. The fourth-order valence-corrected chi connectivity index (χ4v) is 5.23. The zero-order valence-corrected chi connectivity index (χ0v) is 18.0. The minimum atomic E-state index is -0.168. The summed E-state index contributed by atoms with van der Waals surface area (Å²) < 4.78 is 8.60. The Morgan fingerprint density at radius 1 is 1.11 bits per heavy atom. The summed E-state index contributed by atoms with van der Waals surface area (Å²) in [4.78, 5) is 1.28. The van der Waals surface area contributed by atoms with E-state index < -0.39 is 0 Å². The van der Waals surface area contributed by atoms with Crippen molar-refractivity contribution in [2.24, 2.45) is 0 Å². The van der Waals surface area contributed by atoms with Crippen LogP contribution in [-0.4, -0.2) is 10.6 Å². The Balaban J connectivity index is 1.91. The van der Waals surface area contributed by atoms with Crippen molar-refractivity contribution in [1.29, 1.82) is 0 Å². The average Bonchev–Trinajstić information content (AvgIpc) is 2.97. The molecule has 5 heteroatoms. The van der Waals surface area contributed by atoms with E-state index in [4.69, 9.17) is 17.0 Å². The summed E-state index contributed by atoms with van der Waals surface area (Å²) in [6.07, 6.45) is 0. The fourth-order valence-electron chi connectivity index (χ4n) is 3.58. The third-order valence-corrected chi connectivity index (χ3v) is 7.08. The number of nitrogens with zero attached hydrogens (tertiary/aromatic N) is 1. The molecule has 0 bridgehead atoms. The lowest BCUT2D eigenvalue weighted by Crippen LogP contribution is -2.30. The number of aromatic nitrogens is 1. The molecule has 0 amide bonds. The van der Waals surface area contributed by atoms with E-state index in [0.717, 1.165) is 16.1 Å². The highest BCUT2D eigenvalue weighted by atomic mass is 32.1. The first kappa shape index (κ1) is 18.3. The number of aryl methyl sites for hydroxylation is 2. The molecule has 0 saturated heterocycles. The lowest BCUT2D eigenvalue weighted by atomic mass is 9.88. The Labute approximate surface area is 169 Å². The number of benzene rings is 2. The van der Waals surface area contributed by atoms with E-state index in [1.54, 1.807) is 11.5 Å². The molecule has 0 saturated carbocycles. The first-order chi connectivity index (χ1) is 12.8. The molecule has 3 aromatic rings. The normalized spacial score (nSPS) is 14.3. The van der Waals surface area contributed by atoms with E-state index in [1.165, 1.54) is 32.8 Å². The molecular weight excluding hydrogens is 372 g/mol. The maximum Gasteiger partial charge on any atom is 0.129 e. The number of anilines is 1. The Bertz CT molecular complexity index is 1070. The number of hydrogen-bond acceptors (Lipinski definition) is 4. The Morgan fingerprint density at radius 3 is 2.44 bits per heavy atom. The van der Waals surface area contributed by atoms with Gasteiger partial charge in [-0.05, 0) is 82.1 Å². The van der Waals surface area contributed by atoms with Crippen LogP contribution in [0.4, 0.5) is 5.69 Å². The summed E-state index contributed by atoms with van der Waals surface area (Å²) in [5.74, 6) is 0.882. The van der Waals surface area contributed by atoms with E-state index in [-0.39, 0.29) is 5.54 Å². The smallest absolute Gasteiger partial charge is 0.129 e. The first-order valence-corrected chi connectivity index (χ1v) is 10.4. The lowest BCUT2D eigenvalue weighted by Gasteiger charge is -2.33. The van der Waals surface area contributed by atoms with Gasteiger partial charge in [-0.3, -0.25) is 3.96 Å². The van der Waals surface area contributed by atoms with Gasteiger partial charge in [-0.15, -0.1) is 0 Å². The molecule has 0 spiro atoms. The zero-order chi connectivity index (χ0) is 19.3. The molecule has 2 heterocycles. The van der Waals surface area contributed by atoms with Crippen molar-refractivity contribution in [1.82, 2.24) is 3.96 Å². The number of nitrogens with one attached hydrogen (secondary N) is 1. The van der Waals surface area contributed by atoms with E-state index in [2.05, 4.69) is 61.2 Å². The monoisotopic (exact) mass is 396 g/mol. The van der Waals surface area contributed by atoms with Gasteiger partial charge in [0, 0.05) is 16.8 Å². The average molecular weight is 397 g/mol. The minimum Gasteiger partial charge on any atom is -0.494 e. The zero-order valence-electron chi connectivity index (χ0n) is 16.3. The lowest BCUT2D eigenvalue weighted by molar-refractivity contribution is 0.340. The quantitative estimate of drug-likeness (QED) is 0.504. The van der Waals surface area contributed by atoms with Crippen LogP contribution in [0.25, 0.3) is 16.8 Å². The van der Waals surface area contributed by atoms with Gasteiger partial charge >= 0.3 is 0 Å². The van der Waals surface area contributed by atoms with Crippen LogP contribution in [0.3, 0.4) is 0 Å². The predicted molar refractivity (Wildman–Crippen MR) is 117 cm³/mol. The molecule has 0 fully saturated rings. The third-order valence-electron chi connectivity index (χ3n) is 5.11. The molecular formula is C22H24N2OS2. The van der Waals surface area contributed by atoms with Crippen LogP contribution in [0.2, 0.25) is 0 Å². The van der Waals surface area contributed by atoms with Gasteiger partial charge < -0.3 is 10.1 Å². The van der Waals surface area contributed by atoms with Crippen molar-refractivity contribution in [3.8, 4) is 22.6 Å². The van der Waals surface area contributed by atoms with Crippen LogP contribution < -0.4 is 10.1 Å². The van der Waals surface area contributed by atoms with Gasteiger partial charge in [0.1, 0.15) is 10.4 Å². The molecule has 27 heavy (non-hydrogen) atoms. The molecule has 140 valence electrons. The second-order valence-corrected chi connectivity index (χ2v) is 8.90. The summed E-state index contributed by atoms with van der Waals surface area (Å²) in [5, 5.41) is 3.71. The van der Waals surface area contributed by atoms with Gasteiger partial charge in [-0.2, -0.15) is 0 Å². The van der Waals surface area contributed by atoms with E-state index in [1.807, 2.05) is 19.1 Å². The van der Waals surface area contributed by atoms with Crippen LogP contribution in [0.5, 0.6) is 5.75 Å². The molecule has 1 aliphatic rings. The van der Waals surface area contributed by atoms with Crippen molar-refractivity contribution < 1.29 is 4.74 Å². The highest BCUT2D eigenvalue weighted by Gasteiger charge is 2.34. The van der Waals surface area contributed by atoms with Gasteiger partial charge in [0.15, 0.2) is 0 Å². The summed E-state index contributed by atoms with van der Waals surface area (Å²) in [6, 6.07) is 12.7. The van der Waals surface area contributed by atoms with E-state index in [0.29, 0.717) is 6.61 Å². The topological polar surface area (TPSA) is 26.2 Å². The second-order valence-electron chi connectivity index (χ2n) is 7.55. The van der Waals surface area contributed by atoms with Crippen molar-refractivity contribution >= 4 is 29.4 Å². The SMILES string of the molecule is CCOc1ccc(-n2sc3c(c2=S)-c2cc(C)c(C)cc2NC3(C)C)cc1. The number of rotatable bonds is 3. The molecule has 2 aromatic carbocycles. The van der Waals surface area contributed by atoms with Crippen molar-refractivity contribution in [2.45, 2.75) is 40.2 Å². The number of ether oxygens (including phenoxy) is 1. The van der Waals surface area contributed by atoms with Crippen molar-refractivity contribution in [3.05, 3.63) is 57.0 Å². The Hall–Kier alpha value is -2.11. The van der Waals surface area contributed by atoms with Crippen molar-refractivity contribution in [2.75, 3.05) is 11.9 Å². The summed E-state index contributed by atoms with van der Waals surface area (Å²) >= 11 is 7.67. The Kier molecular flexibility index (Phi) is 4.40. The van der Waals surface area contributed by atoms with Crippen LogP contribution in [0.15, 0.2) is 36.4 Å². The fraction of sp³-hybridized carbons (Fsp3) is 0.318. The first-order valence-electron chi connectivity index (χ1n) is 9.21. The predicted octanol–water partition coefficient (Wildman–Crippen LogP) is 6.61. The Morgan fingerprint density at radius 2 is 1.78 bits per heavy atom. The third kappa shape index (κ3) is 2.99. The van der Waals surface area contributed by atoms with Crippen molar-refractivity contribution in [3.63, 3.8) is 0 Å². The molecule has 1 aromatic heterocycles. The number of fused-ring (bicyclic) bond motifs is 3. The molecule has 3 nitrogen and oxygen atoms in total. The maximum absolute atomic E-state index is 5.95. The molecule has 4 rings (SSSR count). The molecule has 0 unspecified atom stereocenters. The van der Waals surface area contributed by atoms with Crippen LogP contribution in [-0.2, 0) is 5.54 Å². The molecule has 0 atom stereocenters. The van der Waals surface area contributed by atoms with E-state index >= 15 is 0 Å². The maximum atomic E-state index is 5.95. The van der Waals surface area contributed by atoms with Crippen LogP contribution in [0, 0.1) is 18.5 Å². The van der Waals surface area contributed by atoms with Gasteiger partial charge in [-0.25, -0.2) is 0 Å². The molecule has 1 N–H and O–H groups in total.